The highest BCUT2D eigenvalue weighted by Gasteiger charge is 2.33. The van der Waals surface area contributed by atoms with Gasteiger partial charge in [0.1, 0.15) is 0 Å². The minimum absolute atomic E-state index is 0.0178. The molecular formula is C14H21NO3S. The van der Waals surface area contributed by atoms with Gasteiger partial charge in [0, 0.05) is 13.2 Å². The standard InChI is InChI=1S/C14H21NO3S/c1-18-9-10-19(16,17)15-14(13-7-8-13)11-12-5-3-2-4-6-12/h2-6,13-15H,7-11H2,1H3. The van der Waals surface area contributed by atoms with E-state index in [1.807, 2.05) is 30.3 Å². The number of rotatable bonds is 8. The van der Waals surface area contributed by atoms with Gasteiger partial charge in [-0.05, 0) is 30.7 Å². The van der Waals surface area contributed by atoms with E-state index in [2.05, 4.69) is 4.72 Å². The van der Waals surface area contributed by atoms with Crippen molar-refractivity contribution in [3.05, 3.63) is 35.9 Å². The van der Waals surface area contributed by atoms with Gasteiger partial charge >= 0.3 is 0 Å². The fourth-order valence-electron chi connectivity index (χ4n) is 2.15. The summed E-state index contributed by atoms with van der Waals surface area (Å²) in [4.78, 5) is 0. The van der Waals surface area contributed by atoms with Gasteiger partial charge in [-0.1, -0.05) is 30.3 Å². The Kier molecular flexibility index (Phi) is 4.96. The average Bonchev–Trinajstić information content (AvgIpc) is 3.21. The lowest BCUT2D eigenvalue weighted by atomic mass is 10.0. The molecule has 5 heteroatoms. The molecule has 0 aromatic heterocycles. The minimum atomic E-state index is -3.24. The van der Waals surface area contributed by atoms with Crippen LogP contribution in [0.1, 0.15) is 18.4 Å². The summed E-state index contributed by atoms with van der Waals surface area (Å²) in [5.74, 6) is 0.513. The molecule has 1 saturated carbocycles. The first-order chi connectivity index (χ1) is 9.11. The maximum Gasteiger partial charge on any atom is 0.214 e. The smallest absolute Gasteiger partial charge is 0.214 e. The van der Waals surface area contributed by atoms with Crippen LogP contribution in [0.25, 0.3) is 0 Å². The molecular weight excluding hydrogens is 262 g/mol. The quantitative estimate of drug-likeness (QED) is 0.788. The fraction of sp³-hybridized carbons (Fsp3) is 0.571. The Hall–Kier alpha value is -0.910. The minimum Gasteiger partial charge on any atom is -0.384 e. The van der Waals surface area contributed by atoms with Gasteiger partial charge in [0.15, 0.2) is 0 Å². The Morgan fingerprint density at radius 3 is 2.58 bits per heavy atom. The highest BCUT2D eigenvalue weighted by molar-refractivity contribution is 7.89. The zero-order valence-electron chi connectivity index (χ0n) is 11.2. The van der Waals surface area contributed by atoms with Gasteiger partial charge in [-0.2, -0.15) is 0 Å². The highest BCUT2D eigenvalue weighted by atomic mass is 32.2. The summed E-state index contributed by atoms with van der Waals surface area (Å²) in [6, 6.07) is 10.0. The van der Waals surface area contributed by atoms with E-state index in [1.165, 1.54) is 12.7 Å². The normalized spacial score (nSPS) is 17.3. The number of hydrogen-bond donors (Lipinski definition) is 1. The highest BCUT2D eigenvalue weighted by Crippen LogP contribution is 2.34. The summed E-state index contributed by atoms with van der Waals surface area (Å²) in [7, 11) is -1.73. The Bertz CT molecular complexity index is 483. The van der Waals surface area contributed by atoms with E-state index < -0.39 is 10.0 Å². The number of hydrogen-bond acceptors (Lipinski definition) is 3. The lowest BCUT2D eigenvalue weighted by Gasteiger charge is -2.18. The van der Waals surface area contributed by atoms with Gasteiger partial charge in [-0.15, -0.1) is 0 Å². The van der Waals surface area contributed by atoms with Crippen molar-refractivity contribution in [2.24, 2.45) is 5.92 Å². The van der Waals surface area contributed by atoms with E-state index in [1.54, 1.807) is 0 Å². The molecule has 0 bridgehead atoms. The topological polar surface area (TPSA) is 55.4 Å². The molecule has 1 aromatic carbocycles. The largest absolute Gasteiger partial charge is 0.384 e. The molecule has 1 atom stereocenters. The van der Waals surface area contributed by atoms with Gasteiger partial charge in [0.05, 0.1) is 12.4 Å². The van der Waals surface area contributed by atoms with Crippen LogP contribution in [0.5, 0.6) is 0 Å². The van der Waals surface area contributed by atoms with Gasteiger partial charge in [0.25, 0.3) is 0 Å². The van der Waals surface area contributed by atoms with Crippen LogP contribution in [0.2, 0.25) is 0 Å². The molecule has 0 radical (unpaired) electrons. The van der Waals surface area contributed by atoms with E-state index >= 15 is 0 Å². The number of sulfonamides is 1. The van der Waals surface area contributed by atoms with Gasteiger partial charge in [0.2, 0.25) is 10.0 Å². The number of methoxy groups -OCH3 is 1. The molecule has 1 aromatic rings. The van der Waals surface area contributed by atoms with E-state index in [4.69, 9.17) is 4.74 Å². The lowest BCUT2D eigenvalue weighted by molar-refractivity contribution is 0.216. The molecule has 0 heterocycles. The third-order valence-electron chi connectivity index (χ3n) is 3.38. The van der Waals surface area contributed by atoms with Crippen molar-refractivity contribution in [2.75, 3.05) is 19.5 Å². The molecule has 1 aliphatic rings. The third kappa shape index (κ3) is 4.93. The van der Waals surface area contributed by atoms with Crippen LogP contribution >= 0.6 is 0 Å². The molecule has 1 aliphatic carbocycles. The van der Waals surface area contributed by atoms with Gasteiger partial charge < -0.3 is 4.74 Å². The van der Waals surface area contributed by atoms with E-state index in [-0.39, 0.29) is 18.4 Å². The van der Waals surface area contributed by atoms with Crippen molar-refractivity contribution in [3.63, 3.8) is 0 Å². The van der Waals surface area contributed by atoms with Crippen LogP contribution in [-0.4, -0.2) is 33.9 Å². The summed E-state index contributed by atoms with van der Waals surface area (Å²) in [6.07, 6.45) is 2.99. The zero-order valence-corrected chi connectivity index (χ0v) is 12.0. The molecule has 4 nitrogen and oxygen atoms in total. The first kappa shape index (κ1) is 14.5. The third-order valence-corrected chi connectivity index (χ3v) is 4.74. The lowest BCUT2D eigenvalue weighted by Crippen LogP contribution is -2.40. The Labute approximate surface area is 115 Å². The molecule has 0 saturated heterocycles. The average molecular weight is 283 g/mol. The molecule has 1 N–H and O–H groups in total. The maximum atomic E-state index is 11.9. The van der Waals surface area contributed by atoms with Crippen LogP contribution in [0.15, 0.2) is 30.3 Å². The van der Waals surface area contributed by atoms with Crippen molar-refractivity contribution in [1.82, 2.24) is 4.72 Å². The maximum absolute atomic E-state index is 11.9. The molecule has 0 spiro atoms. The summed E-state index contributed by atoms with van der Waals surface area (Å²) in [5, 5.41) is 0. The summed E-state index contributed by atoms with van der Waals surface area (Å²) in [5.41, 5.74) is 1.17. The van der Waals surface area contributed by atoms with Crippen molar-refractivity contribution >= 4 is 10.0 Å². The molecule has 0 aliphatic heterocycles. The monoisotopic (exact) mass is 283 g/mol. The van der Waals surface area contributed by atoms with Crippen LogP contribution in [0, 0.1) is 5.92 Å². The summed E-state index contributed by atoms with van der Waals surface area (Å²) in [6.45, 7) is 0.234. The zero-order chi connectivity index (χ0) is 13.7. The summed E-state index contributed by atoms with van der Waals surface area (Å²) >= 11 is 0. The van der Waals surface area contributed by atoms with E-state index in [0.717, 1.165) is 19.3 Å². The van der Waals surface area contributed by atoms with Crippen LogP contribution in [-0.2, 0) is 21.2 Å². The molecule has 19 heavy (non-hydrogen) atoms. The first-order valence-corrected chi connectivity index (χ1v) is 8.29. The van der Waals surface area contributed by atoms with Crippen LogP contribution in [0.3, 0.4) is 0 Å². The molecule has 0 amide bonds. The SMILES string of the molecule is COCCS(=O)(=O)NC(Cc1ccccc1)C1CC1. The molecule has 2 rings (SSSR count). The van der Waals surface area contributed by atoms with E-state index in [9.17, 15) is 8.42 Å². The van der Waals surface area contributed by atoms with Crippen molar-refractivity contribution in [1.29, 1.82) is 0 Å². The first-order valence-electron chi connectivity index (χ1n) is 6.63. The number of nitrogens with one attached hydrogen (secondary N) is 1. The molecule has 1 unspecified atom stereocenters. The Balaban J connectivity index is 1.97. The van der Waals surface area contributed by atoms with Crippen LogP contribution in [0.4, 0.5) is 0 Å². The fourth-order valence-corrected chi connectivity index (χ4v) is 3.39. The Morgan fingerprint density at radius 2 is 2.00 bits per heavy atom. The van der Waals surface area contributed by atoms with Gasteiger partial charge in [-0.25, -0.2) is 13.1 Å². The predicted octanol–water partition coefficient (Wildman–Crippen LogP) is 1.57. The molecule has 106 valence electrons. The van der Waals surface area contributed by atoms with E-state index in [0.29, 0.717) is 5.92 Å². The summed E-state index contributed by atoms with van der Waals surface area (Å²) < 4.78 is 31.5. The van der Waals surface area contributed by atoms with Crippen molar-refractivity contribution in [3.8, 4) is 0 Å². The van der Waals surface area contributed by atoms with Gasteiger partial charge in [-0.3, -0.25) is 0 Å². The number of ether oxygens (including phenoxy) is 1. The van der Waals surface area contributed by atoms with Crippen molar-refractivity contribution < 1.29 is 13.2 Å². The number of benzene rings is 1. The van der Waals surface area contributed by atoms with Crippen molar-refractivity contribution in [2.45, 2.75) is 25.3 Å². The Morgan fingerprint density at radius 1 is 1.32 bits per heavy atom. The second-order valence-electron chi connectivity index (χ2n) is 5.06. The molecule has 1 fully saturated rings. The van der Waals surface area contributed by atoms with Crippen LogP contribution < -0.4 is 4.72 Å². The second kappa shape index (κ2) is 6.50. The second-order valence-corrected chi connectivity index (χ2v) is 6.94. The predicted molar refractivity (Wildman–Crippen MR) is 75.5 cm³/mol.